The molecular weight excluding hydrogens is 134 g/mol. The van der Waals surface area contributed by atoms with E-state index in [2.05, 4.69) is 0 Å². The number of nitrogens with two attached hydrogens (primary N) is 1. The molecule has 0 heterocycles. The van der Waals surface area contributed by atoms with E-state index in [1.54, 1.807) is 7.11 Å². The van der Waals surface area contributed by atoms with Crippen LogP contribution in [-0.4, -0.2) is 22.4 Å². The van der Waals surface area contributed by atoms with Crippen molar-refractivity contribution in [3.05, 3.63) is 0 Å². The minimum atomic E-state index is -1.82. The average molecular weight is 149 g/mol. The van der Waals surface area contributed by atoms with Gasteiger partial charge in [0.1, 0.15) is 0 Å². The molecule has 0 bridgehead atoms. The summed E-state index contributed by atoms with van der Waals surface area (Å²) in [6.07, 6.45) is 0. The van der Waals surface area contributed by atoms with Crippen molar-refractivity contribution in [3.63, 3.8) is 0 Å². The Bertz CT molecular complexity index is 75.4. The topological polar surface area (TPSA) is 44.5 Å². The van der Waals surface area contributed by atoms with Crippen molar-refractivity contribution in [2.75, 3.05) is 13.8 Å². The lowest BCUT2D eigenvalue weighted by atomic mass is 11.0. The van der Waals surface area contributed by atoms with Crippen molar-refractivity contribution in [2.24, 2.45) is 5.73 Å². The van der Waals surface area contributed by atoms with E-state index in [1.165, 1.54) is 0 Å². The molecule has 2 N–H and O–H groups in total. The molecule has 56 valence electrons. The Kier molecular flexibility index (Phi) is 4.04. The summed E-state index contributed by atoms with van der Waals surface area (Å²) >= 11 is 0. The molecule has 4 heteroatoms. The maximum Gasteiger partial charge on any atom is 0.335 e. The van der Waals surface area contributed by atoms with Crippen LogP contribution in [0.1, 0.15) is 6.92 Å². The molecule has 0 aromatic heterocycles. The van der Waals surface area contributed by atoms with Crippen LogP contribution in [0.3, 0.4) is 0 Å². The van der Waals surface area contributed by atoms with Gasteiger partial charge in [0.25, 0.3) is 0 Å². The Balaban J connectivity index is 3.62. The van der Waals surface area contributed by atoms with Gasteiger partial charge in [0.05, 0.1) is 6.73 Å². The highest BCUT2D eigenvalue weighted by Gasteiger charge is 2.26. The lowest BCUT2D eigenvalue weighted by molar-refractivity contribution is 0.211. The molecule has 0 amide bonds. The van der Waals surface area contributed by atoms with Gasteiger partial charge in [0.15, 0.2) is 0 Å². The summed E-state index contributed by atoms with van der Waals surface area (Å²) in [4.78, 5) is 0. The van der Waals surface area contributed by atoms with Crippen LogP contribution in [0.15, 0.2) is 0 Å². The van der Waals surface area contributed by atoms with E-state index in [-0.39, 0.29) is 6.73 Å². The first-order chi connectivity index (χ1) is 4.18. The Hall–Kier alpha value is 0.0969. The van der Waals surface area contributed by atoms with Crippen molar-refractivity contribution in [1.82, 2.24) is 0 Å². The fourth-order valence-electron chi connectivity index (χ4n) is 0.482. The molecule has 0 spiro atoms. The molecule has 0 fully saturated rings. The first-order valence-electron chi connectivity index (χ1n) is 3.07. The molecule has 0 aliphatic heterocycles. The molecule has 0 saturated carbocycles. The third-order valence-corrected chi connectivity index (χ3v) is 4.39. The molecule has 3 nitrogen and oxygen atoms in total. The lowest BCUT2D eigenvalue weighted by Gasteiger charge is -2.21. The maximum atomic E-state index is 5.22. The summed E-state index contributed by atoms with van der Waals surface area (Å²) in [5.74, 6) is 0. The molecule has 0 aliphatic rings. The number of hydrogen-bond acceptors (Lipinski definition) is 3. The smallest absolute Gasteiger partial charge is 0.335 e. The number of rotatable bonds is 4. The van der Waals surface area contributed by atoms with Gasteiger partial charge >= 0.3 is 8.56 Å². The van der Waals surface area contributed by atoms with Crippen LogP contribution in [0, 0.1) is 0 Å². The molecule has 0 rings (SSSR count). The highest BCUT2D eigenvalue weighted by atomic mass is 28.4. The third-order valence-electron chi connectivity index (χ3n) is 1.46. The van der Waals surface area contributed by atoms with E-state index in [0.29, 0.717) is 0 Å². The molecule has 0 aromatic rings. The van der Waals surface area contributed by atoms with E-state index in [4.69, 9.17) is 14.6 Å². The van der Waals surface area contributed by atoms with E-state index in [1.807, 2.05) is 13.5 Å². The van der Waals surface area contributed by atoms with Gasteiger partial charge < -0.3 is 14.6 Å². The Morgan fingerprint density at radius 1 is 1.56 bits per heavy atom. The summed E-state index contributed by atoms with van der Waals surface area (Å²) in [6.45, 7) is 4.32. The summed E-state index contributed by atoms with van der Waals surface area (Å²) in [7, 11) is -0.150. The van der Waals surface area contributed by atoms with E-state index >= 15 is 0 Å². The maximum absolute atomic E-state index is 5.22. The van der Waals surface area contributed by atoms with E-state index < -0.39 is 8.56 Å². The quantitative estimate of drug-likeness (QED) is 0.471. The molecule has 1 atom stereocenters. The number of hydrogen-bond donors (Lipinski definition) is 1. The largest absolute Gasteiger partial charge is 0.398 e. The standard InChI is InChI=1S/C5H15NO2Si/c1-4-9(3,7-2)8-5-6/h4-6H2,1-3H3. The second kappa shape index (κ2) is 4.00. The summed E-state index contributed by atoms with van der Waals surface area (Å²) < 4.78 is 10.4. The van der Waals surface area contributed by atoms with Gasteiger partial charge in [-0.15, -0.1) is 0 Å². The highest BCUT2D eigenvalue weighted by Crippen LogP contribution is 2.09. The minimum absolute atomic E-state index is 0.268. The van der Waals surface area contributed by atoms with E-state index in [9.17, 15) is 0 Å². The summed E-state index contributed by atoms with van der Waals surface area (Å²) in [6, 6.07) is 0.945. The molecule has 1 unspecified atom stereocenters. The van der Waals surface area contributed by atoms with Crippen LogP contribution < -0.4 is 5.73 Å². The first kappa shape index (κ1) is 9.10. The van der Waals surface area contributed by atoms with Crippen LogP contribution in [0.5, 0.6) is 0 Å². The molecule has 0 aliphatic carbocycles. The van der Waals surface area contributed by atoms with Gasteiger partial charge in [-0.05, 0) is 12.6 Å². The van der Waals surface area contributed by atoms with Crippen LogP contribution in [0.25, 0.3) is 0 Å². The van der Waals surface area contributed by atoms with Gasteiger partial charge in [0.2, 0.25) is 0 Å². The highest BCUT2D eigenvalue weighted by molar-refractivity contribution is 6.65. The fourth-order valence-corrected chi connectivity index (χ4v) is 1.44. The molecule has 0 saturated heterocycles. The zero-order valence-electron chi connectivity index (χ0n) is 6.31. The van der Waals surface area contributed by atoms with Crippen LogP contribution >= 0.6 is 0 Å². The zero-order valence-corrected chi connectivity index (χ0v) is 7.31. The minimum Gasteiger partial charge on any atom is -0.398 e. The third kappa shape index (κ3) is 2.95. The predicted molar refractivity (Wildman–Crippen MR) is 39.2 cm³/mol. The fraction of sp³-hybridized carbons (Fsp3) is 1.00. The van der Waals surface area contributed by atoms with Crippen molar-refractivity contribution in [2.45, 2.75) is 19.5 Å². The van der Waals surface area contributed by atoms with Gasteiger partial charge in [-0.2, -0.15) is 0 Å². The molecular formula is C5H15NO2Si. The lowest BCUT2D eigenvalue weighted by Crippen LogP contribution is -2.38. The van der Waals surface area contributed by atoms with Crippen molar-refractivity contribution >= 4 is 8.56 Å². The van der Waals surface area contributed by atoms with Crippen molar-refractivity contribution in [3.8, 4) is 0 Å². The van der Waals surface area contributed by atoms with Crippen molar-refractivity contribution in [1.29, 1.82) is 0 Å². The zero-order chi connectivity index (χ0) is 7.33. The predicted octanol–water partition coefficient (Wildman–Crippen LogP) is 0.658. The van der Waals surface area contributed by atoms with Crippen LogP contribution in [-0.2, 0) is 8.85 Å². The second-order valence-corrected chi connectivity index (χ2v) is 5.67. The Labute approximate surface area is 57.4 Å². The normalized spacial score (nSPS) is 17.3. The Morgan fingerprint density at radius 3 is 2.22 bits per heavy atom. The van der Waals surface area contributed by atoms with Crippen molar-refractivity contribution < 1.29 is 8.85 Å². The van der Waals surface area contributed by atoms with Gasteiger partial charge in [0, 0.05) is 7.11 Å². The molecule has 0 radical (unpaired) electrons. The monoisotopic (exact) mass is 149 g/mol. The Morgan fingerprint density at radius 2 is 2.11 bits per heavy atom. The van der Waals surface area contributed by atoms with Gasteiger partial charge in [-0.1, -0.05) is 6.92 Å². The first-order valence-corrected chi connectivity index (χ1v) is 5.60. The SMILES string of the molecule is CC[Si](C)(OC)OCN. The van der Waals surface area contributed by atoms with Crippen LogP contribution in [0.4, 0.5) is 0 Å². The second-order valence-electron chi connectivity index (χ2n) is 2.00. The molecule has 9 heavy (non-hydrogen) atoms. The van der Waals surface area contributed by atoms with Gasteiger partial charge in [-0.3, -0.25) is 0 Å². The van der Waals surface area contributed by atoms with E-state index in [0.717, 1.165) is 6.04 Å². The summed E-state index contributed by atoms with van der Waals surface area (Å²) in [5.41, 5.74) is 5.20. The average Bonchev–Trinajstić information content (AvgIpc) is 1.89. The van der Waals surface area contributed by atoms with Gasteiger partial charge in [-0.25, -0.2) is 0 Å². The molecule has 0 aromatic carbocycles. The summed E-state index contributed by atoms with van der Waals surface area (Å²) in [5, 5.41) is 0. The van der Waals surface area contributed by atoms with Crippen LogP contribution in [0.2, 0.25) is 12.6 Å².